The highest BCUT2D eigenvalue weighted by atomic mass is 16.5. The number of carbonyl (C=O) groups excluding carboxylic acids is 1. The number of ether oxygens (including phenoxy) is 3. The van der Waals surface area contributed by atoms with Crippen molar-refractivity contribution in [1.82, 2.24) is 14.9 Å². The van der Waals surface area contributed by atoms with Gasteiger partial charge in [0.2, 0.25) is 17.7 Å². The van der Waals surface area contributed by atoms with Gasteiger partial charge in [0.25, 0.3) is 5.91 Å². The molecule has 0 unspecified atom stereocenters. The van der Waals surface area contributed by atoms with Gasteiger partial charge in [0.05, 0.1) is 25.4 Å². The molecule has 4 heterocycles. The van der Waals surface area contributed by atoms with E-state index in [1.807, 2.05) is 6.07 Å². The first-order chi connectivity index (χ1) is 20.5. The summed E-state index contributed by atoms with van der Waals surface area (Å²) in [6.07, 6.45) is 5.41. The lowest BCUT2D eigenvalue weighted by Gasteiger charge is -2.26. The highest BCUT2D eigenvalue weighted by molar-refractivity contribution is 6.03. The summed E-state index contributed by atoms with van der Waals surface area (Å²) in [4.78, 5) is 24.6. The summed E-state index contributed by atoms with van der Waals surface area (Å²) in [6, 6.07) is 7.91. The maximum Gasteiger partial charge on any atom is 0.291 e. The van der Waals surface area contributed by atoms with E-state index in [1.165, 1.54) is 57.7 Å². The van der Waals surface area contributed by atoms with Crippen LogP contribution in [0.1, 0.15) is 91.9 Å². The van der Waals surface area contributed by atoms with Crippen LogP contribution in [0, 0.1) is 6.92 Å². The lowest BCUT2D eigenvalue weighted by Crippen LogP contribution is -2.31. The number of aryl methyl sites for hydroxylation is 1. The van der Waals surface area contributed by atoms with Crippen LogP contribution in [0.15, 0.2) is 28.7 Å². The summed E-state index contributed by atoms with van der Waals surface area (Å²) in [5, 5.41) is 6.07. The fourth-order valence-electron chi connectivity index (χ4n) is 6.23. The summed E-state index contributed by atoms with van der Waals surface area (Å²) < 4.78 is 23.3. The number of amides is 1. The molecule has 2 aliphatic heterocycles. The summed E-state index contributed by atoms with van der Waals surface area (Å²) in [5.41, 5.74) is 4.20. The monoisotopic (exact) mass is 591 g/mol. The third-order valence-electron chi connectivity index (χ3n) is 8.38. The molecule has 1 amide bonds. The Morgan fingerprint density at radius 3 is 2.28 bits per heavy atom. The second kappa shape index (κ2) is 12.5. The molecule has 10 nitrogen and oxygen atoms in total. The molecule has 1 saturated heterocycles. The number of furan rings is 1. The predicted molar refractivity (Wildman–Crippen MR) is 166 cm³/mol. The quantitative estimate of drug-likeness (QED) is 0.258. The Balaban J connectivity index is 1.25. The van der Waals surface area contributed by atoms with Crippen molar-refractivity contribution in [2.24, 2.45) is 0 Å². The Labute approximate surface area is 254 Å². The first-order valence-corrected chi connectivity index (χ1v) is 15.2. The number of fused-ring (bicyclic) bond motifs is 1. The Hall–Kier alpha value is -3.63. The average Bonchev–Trinajstić information content (AvgIpc) is 3.51. The molecule has 10 heteroatoms. The van der Waals surface area contributed by atoms with Crippen LogP contribution in [0.25, 0.3) is 0 Å². The average molecular weight is 592 g/mol. The van der Waals surface area contributed by atoms with Crippen LogP contribution >= 0.6 is 0 Å². The minimum Gasteiger partial charge on any atom is -0.479 e. The number of benzene rings is 1. The maximum atomic E-state index is 13.2. The number of nitrogens with zero attached hydrogens (tertiary/aromatic N) is 3. The van der Waals surface area contributed by atoms with E-state index in [0.717, 1.165) is 30.6 Å². The van der Waals surface area contributed by atoms with Gasteiger partial charge in [-0.2, -0.15) is 9.97 Å². The molecule has 1 aromatic carbocycles. The molecule has 0 bridgehead atoms. The molecule has 0 aliphatic carbocycles. The second-order valence-corrected chi connectivity index (χ2v) is 12.5. The minimum atomic E-state index is -0.448. The Morgan fingerprint density at radius 1 is 0.977 bits per heavy atom. The van der Waals surface area contributed by atoms with Crippen LogP contribution < -0.4 is 20.1 Å². The first kappa shape index (κ1) is 30.8. The SMILES string of the molecule is COc1nc(NCCCN2CCCCC2)nc(OC)c1NC(=O)c1ccc(Cc2cc3c(cc2C)C(C)(C)OC3(C)C)o1. The van der Waals surface area contributed by atoms with Crippen LogP contribution in [0.3, 0.4) is 0 Å². The van der Waals surface area contributed by atoms with Crippen molar-refractivity contribution in [3.8, 4) is 11.8 Å². The van der Waals surface area contributed by atoms with Crippen molar-refractivity contribution in [1.29, 1.82) is 0 Å². The van der Waals surface area contributed by atoms with Gasteiger partial charge in [-0.3, -0.25) is 4.79 Å². The largest absolute Gasteiger partial charge is 0.479 e. The number of carbonyl (C=O) groups is 1. The molecule has 2 N–H and O–H groups in total. The number of hydrogen-bond acceptors (Lipinski definition) is 9. The van der Waals surface area contributed by atoms with E-state index in [2.05, 4.69) is 72.3 Å². The van der Waals surface area contributed by atoms with E-state index in [1.54, 1.807) is 6.07 Å². The van der Waals surface area contributed by atoms with E-state index in [4.69, 9.17) is 18.6 Å². The fourth-order valence-corrected chi connectivity index (χ4v) is 6.23. The Morgan fingerprint density at radius 2 is 1.63 bits per heavy atom. The molecule has 0 radical (unpaired) electrons. The number of likely N-dealkylation sites (tertiary alicyclic amines) is 1. The van der Waals surface area contributed by atoms with Crippen LogP contribution in [-0.2, 0) is 22.4 Å². The predicted octanol–water partition coefficient (Wildman–Crippen LogP) is 6.03. The van der Waals surface area contributed by atoms with E-state index < -0.39 is 5.91 Å². The molecular weight excluding hydrogens is 546 g/mol. The number of aromatic nitrogens is 2. The van der Waals surface area contributed by atoms with Crippen molar-refractivity contribution in [2.75, 3.05) is 51.0 Å². The van der Waals surface area contributed by atoms with Gasteiger partial charge in [-0.25, -0.2) is 0 Å². The minimum absolute atomic E-state index is 0.169. The molecular formula is C33H45N5O5. The third kappa shape index (κ3) is 6.80. The number of hydrogen-bond donors (Lipinski definition) is 2. The van der Waals surface area contributed by atoms with E-state index >= 15 is 0 Å². The first-order valence-electron chi connectivity index (χ1n) is 15.2. The second-order valence-electron chi connectivity index (χ2n) is 12.5. The lowest BCUT2D eigenvalue weighted by atomic mass is 9.86. The zero-order valence-corrected chi connectivity index (χ0v) is 26.6. The van der Waals surface area contributed by atoms with Crippen molar-refractivity contribution >= 4 is 17.5 Å². The lowest BCUT2D eigenvalue weighted by molar-refractivity contribution is -0.105. The van der Waals surface area contributed by atoms with Gasteiger partial charge in [-0.05, 0) is 108 Å². The Bertz CT molecular complexity index is 1430. The molecule has 5 rings (SSSR count). The van der Waals surface area contributed by atoms with Crippen LogP contribution in [-0.4, -0.2) is 61.2 Å². The molecule has 0 atom stereocenters. The highest BCUT2D eigenvalue weighted by Gasteiger charge is 2.43. The van der Waals surface area contributed by atoms with Crippen molar-refractivity contribution in [2.45, 2.75) is 77.9 Å². The normalized spacial score (nSPS) is 17.4. The molecule has 2 aromatic heterocycles. The number of nitrogens with one attached hydrogen (secondary N) is 2. The summed E-state index contributed by atoms with van der Waals surface area (Å²) >= 11 is 0. The van der Waals surface area contributed by atoms with Crippen LogP contribution in [0.4, 0.5) is 11.6 Å². The van der Waals surface area contributed by atoms with Gasteiger partial charge in [0.1, 0.15) is 5.76 Å². The van der Waals surface area contributed by atoms with E-state index in [9.17, 15) is 4.79 Å². The summed E-state index contributed by atoms with van der Waals surface area (Å²) in [5.74, 6) is 1.19. The van der Waals surface area contributed by atoms with Crippen molar-refractivity contribution < 1.29 is 23.4 Å². The topological polar surface area (TPSA) is 111 Å². The molecule has 43 heavy (non-hydrogen) atoms. The van der Waals surface area contributed by atoms with E-state index in [0.29, 0.717) is 18.1 Å². The third-order valence-corrected chi connectivity index (χ3v) is 8.38. The van der Waals surface area contributed by atoms with Crippen LogP contribution in [0.5, 0.6) is 11.8 Å². The number of anilines is 2. The molecule has 1 fully saturated rings. The molecule has 0 spiro atoms. The van der Waals surface area contributed by atoms with Gasteiger partial charge >= 0.3 is 0 Å². The molecule has 2 aliphatic rings. The number of rotatable bonds is 11. The summed E-state index contributed by atoms with van der Waals surface area (Å²) in [7, 11) is 2.99. The summed E-state index contributed by atoms with van der Waals surface area (Å²) in [6.45, 7) is 14.6. The van der Waals surface area contributed by atoms with Gasteiger partial charge in [0, 0.05) is 13.0 Å². The van der Waals surface area contributed by atoms with Gasteiger partial charge < -0.3 is 34.2 Å². The van der Waals surface area contributed by atoms with Crippen molar-refractivity contribution in [3.63, 3.8) is 0 Å². The smallest absolute Gasteiger partial charge is 0.291 e. The molecule has 232 valence electrons. The molecule has 3 aromatic rings. The Kier molecular flexibility index (Phi) is 8.99. The van der Waals surface area contributed by atoms with Gasteiger partial charge in [0.15, 0.2) is 11.4 Å². The van der Waals surface area contributed by atoms with Gasteiger partial charge in [-0.1, -0.05) is 18.6 Å². The fraction of sp³-hybridized carbons (Fsp3) is 0.545. The molecule has 0 saturated carbocycles. The maximum absolute atomic E-state index is 13.2. The number of methoxy groups -OCH3 is 2. The van der Waals surface area contributed by atoms with E-state index in [-0.39, 0.29) is 34.4 Å². The number of piperidine rings is 1. The highest BCUT2D eigenvalue weighted by Crippen LogP contribution is 2.47. The van der Waals surface area contributed by atoms with Crippen molar-refractivity contribution in [3.05, 3.63) is 58.0 Å². The van der Waals surface area contributed by atoms with Crippen LogP contribution in [0.2, 0.25) is 0 Å². The zero-order valence-electron chi connectivity index (χ0n) is 26.6. The zero-order chi connectivity index (χ0) is 30.8. The standard InChI is InChI=1S/C33H45N5O5/c1-21-18-24-25(33(4,5)43-32(24,2)3)20-22(21)19-23-12-13-26(42-23)28(39)35-27-29(40-6)36-31(37-30(27)41-7)34-14-11-17-38-15-9-8-10-16-38/h12-13,18,20H,8-11,14-17,19H2,1-7H3,(H,35,39)(H,34,36,37). The van der Waals surface area contributed by atoms with Gasteiger partial charge in [-0.15, -0.1) is 0 Å².